The molecular weight excluding hydrogens is 381 g/mol. The highest BCUT2D eigenvalue weighted by Crippen LogP contribution is 2.30. The Hall–Kier alpha value is -3.36. The molecule has 0 saturated carbocycles. The van der Waals surface area contributed by atoms with Crippen molar-refractivity contribution in [3.63, 3.8) is 0 Å². The summed E-state index contributed by atoms with van der Waals surface area (Å²) in [5.74, 6) is -1.55. The van der Waals surface area contributed by atoms with Gasteiger partial charge in [-0.25, -0.2) is 23.1 Å². The van der Waals surface area contributed by atoms with Gasteiger partial charge in [0.1, 0.15) is 17.5 Å². The minimum absolute atomic E-state index is 0.280. The van der Waals surface area contributed by atoms with E-state index >= 15 is 0 Å². The number of aromatic nitrogens is 3. The Labute approximate surface area is 165 Å². The lowest BCUT2D eigenvalue weighted by Crippen LogP contribution is -2.56. The fraction of sp³-hybridized carbons (Fsp3) is 0.250. The Balaban J connectivity index is 1.35. The molecule has 3 heterocycles. The molecule has 150 valence electrons. The lowest BCUT2D eigenvalue weighted by molar-refractivity contribution is -0.0267. The highest BCUT2D eigenvalue weighted by molar-refractivity contribution is 5.84. The number of nitrogens with two attached hydrogens (primary N) is 1. The molecular formula is C20H19F3N6. The van der Waals surface area contributed by atoms with Gasteiger partial charge in [0.05, 0.1) is 19.6 Å². The fourth-order valence-corrected chi connectivity index (χ4v) is 3.05. The predicted octanol–water partition coefficient (Wildman–Crippen LogP) is 3.15. The van der Waals surface area contributed by atoms with Crippen LogP contribution in [0.15, 0.2) is 59.9 Å². The molecule has 2 aromatic heterocycles. The monoisotopic (exact) mass is 400 g/mol. The standard InChI is InChI=1S/C20H19F3N6/c21-16-4-1-14(2-5-16)11-29-8-7-18(27-29)26-17(24)9-15-3-6-19(25-10-15)28-12-20(22,23)13-28/h1-8,10H,9,11-13H2,(H2,24,26,27). The molecule has 0 radical (unpaired) electrons. The molecule has 0 amide bonds. The first-order valence-electron chi connectivity index (χ1n) is 9.05. The maximum Gasteiger partial charge on any atom is 0.282 e. The highest BCUT2D eigenvalue weighted by atomic mass is 19.3. The second-order valence-electron chi connectivity index (χ2n) is 7.01. The van der Waals surface area contributed by atoms with Crippen LogP contribution in [0.1, 0.15) is 11.1 Å². The molecule has 9 heteroatoms. The molecule has 3 aromatic rings. The van der Waals surface area contributed by atoms with Gasteiger partial charge in [-0.3, -0.25) is 4.68 Å². The zero-order chi connectivity index (χ0) is 20.4. The van der Waals surface area contributed by atoms with Gasteiger partial charge in [-0.15, -0.1) is 0 Å². The van der Waals surface area contributed by atoms with Crippen molar-refractivity contribution in [2.45, 2.75) is 18.9 Å². The number of hydrogen-bond acceptors (Lipinski definition) is 4. The van der Waals surface area contributed by atoms with Crippen molar-refractivity contribution in [3.8, 4) is 0 Å². The average molecular weight is 400 g/mol. The minimum Gasteiger partial charge on any atom is -0.387 e. The lowest BCUT2D eigenvalue weighted by Gasteiger charge is -2.39. The number of aliphatic imine (C=N–C) groups is 1. The third-order valence-corrected chi connectivity index (χ3v) is 4.51. The number of alkyl halides is 2. The van der Waals surface area contributed by atoms with E-state index in [1.54, 1.807) is 47.4 Å². The molecule has 1 fully saturated rings. The largest absolute Gasteiger partial charge is 0.387 e. The summed E-state index contributed by atoms with van der Waals surface area (Å²) in [4.78, 5) is 10.0. The Morgan fingerprint density at radius 1 is 1.07 bits per heavy atom. The van der Waals surface area contributed by atoms with Gasteiger partial charge in [-0.05, 0) is 29.3 Å². The van der Waals surface area contributed by atoms with E-state index in [0.29, 0.717) is 30.4 Å². The Morgan fingerprint density at radius 3 is 2.45 bits per heavy atom. The summed E-state index contributed by atoms with van der Waals surface area (Å²) >= 11 is 0. The summed E-state index contributed by atoms with van der Waals surface area (Å²) in [6.07, 6.45) is 3.75. The van der Waals surface area contributed by atoms with Crippen molar-refractivity contribution >= 4 is 17.5 Å². The van der Waals surface area contributed by atoms with Gasteiger partial charge in [-0.1, -0.05) is 18.2 Å². The van der Waals surface area contributed by atoms with E-state index in [1.165, 1.54) is 17.0 Å². The second kappa shape index (κ2) is 7.57. The first-order valence-corrected chi connectivity index (χ1v) is 9.05. The summed E-state index contributed by atoms with van der Waals surface area (Å²) in [6.45, 7) is -0.107. The lowest BCUT2D eigenvalue weighted by atomic mass is 10.1. The maximum absolute atomic E-state index is 13.0. The van der Waals surface area contributed by atoms with E-state index in [1.807, 2.05) is 0 Å². The molecule has 29 heavy (non-hydrogen) atoms. The normalized spacial score (nSPS) is 16.0. The molecule has 0 aliphatic carbocycles. The number of rotatable bonds is 6. The second-order valence-corrected chi connectivity index (χ2v) is 7.01. The van der Waals surface area contributed by atoms with Crippen LogP contribution in [0.25, 0.3) is 0 Å². The predicted molar refractivity (Wildman–Crippen MR) is 104 cm³/mol. The SMILES string of the molecule is NC(Cc1ccc(N2CC(F)(F)C2)nc1)=Nc1ccn(Cc2ccc(F)cc2)n1. The molecule has 1 aliphatic rings. The minimum atomic E-state index is -2.63. The van der Waals surface area contributed by atoms with Crippen LogP contribution in [0.2, 0.25) is 0 Å². The summed E-state index contributed by atoms with van der Waals surface area (Å²) < 4.78 is 40.6. The number of benzene rings is 1. The molecule has 1 aromatic carbocycles. The van der Waals surface area contributed by atoms with E-state index < -0.39 is 5.92 Å². The number of hydrogen-bond donors (Lipinski definition) is 1. The quantitative estimate of drug-likeness (QED) is 0.510. The van der Waals surface area contributed by atoms with Crippen LogP contribution in [0.4, 0.5) is 24.8 Å². The molecule has 0 atom stereocenters. The number of pyridine rings is 1. The van der Waals surface area contributed by atoms with Crippen molar-refractivity contribution in [3.05, 3.63) is 71.8 Å². The van der Waals surface area contributed by atoms with Gasteiger partial charge in [-0.2, -0.15) is 5.10 Å². The first kappa shape index (κ1) is 19.0. The summed E-state index contributed by atoms with van der Waals surface area (Å²) in [7, 11) is 0. The van der Waals surface area contributed by atoms with Crippen molar-refractivity contribution in [1.29, 1.82) is 0 Å². The van der Waals surface area contributed by atoms with Gasteiger partial charge >= 0.3 is 0 Å². The van der Waals surface area contributed by atoms with Gasteiger partial charge in [0.25, 0.3) is 5.92 Å². The van der Waals surface area contributed by atoms with E-state index in [-0.39, 0.29) is 18.9 Å². The first-order chi connectivity index (χ1) is 13.9. The molecule has 0 unspecified atom stereocenters. The number of nitrogens with zero attached hydrogens (tertiary/aromatic N) is 5. The van der Waals surface area contributed by atoms with E-state index in [0.717, 1.165) is 11.1 Å². The summed E-state index contributed by atoms with van der Waals surface area (Å²) in [5.41, 5.74) is 7.76. The van der Waals surface area contributed by atoms with Crippen LogP contribution < -0.4 is 10.6 Å². The fourth-order valence-electron chi connectivity index (χ4n) is 3.05. The molecule has 1 saturated heterocycles. The average Bonchev–Trinajstić information content (AvgIpc) is 3.09. The smallest absolute Gasteiger partial charge is 0.282 e. The highest BCUT2D eigenvalue weighted by Gasteiger charge is 2.44. The topological polar surface area (TPSA) is 72.3 Å². The Bertz CT molecular complexity index is 1000. The number of amidine groups is 1. The van der Waals surface area contributed by atoms with Crippen molar-refractivity contribution < 1.29 is 13.2 Å². The maximum atomic E-state index is 13.0. The van der Waals surface area contributed by atoms with Gasteiger partial charge in [0.2, 0.25) is 0 Å². The molecule has 0 spiro atoms. The number of anilines is 1. The van der Waals surface area contributed by atoms with Gasteiger partial charge < -0.3 is 10.6 Å². The van der Waals surface area contributed by atoms with Crippen LogP contribution >= 0.6 is 0 Å². The molecule has 0 bridgehead atoms. The Morgan fingerprint density at radius 2 is 1.79 bits per heavy atom. The van der Waals surface area contributed by atoms with Crippen molar-refractivity contribution in [2.24, 2.45) is 10.7 Å². The van der Waals surface area contributed by atoms with E-state index in [4.69, 9.17) is 5.73 Å². The van der Waals surface area contributed by atoms with Crippen LogP contribution in [0, 0.1) is 5.82 Å². The third kappa shape index (κ3) is 4.74. The van der Waals surface area contributed by atoms with E-state index in [2.05, 4.69) is 15.1 Å². The third-order valence-electron chi connectivity index (χ3n) is 4.51. The zero-order valence-corrected chi connectivity index (χ0v) is 15.5. The van der Waals surface area contributed by atoms with Crippen molar-refractivity contribution in [1.82, 2.24) is 14.8 Å². The van der Waals surface area contributed by atoms with Gasteiger partial charge in [0.15, 0.2) is 5.82 Å². The Kier molecular flexibility index (Phi) is 4.96. The molecule has 2 N–H and O–H groups in total. The van der Waals surface area contributed by atoms with Crippen LogP contribution in [-0.2, 0) is 13.0 Å². The zero-order valence-electron chi connectivity index (χ0n) is 15.5. The van der Waals surface area contributed by atoms with Crippen LogP contribution in [0.3, 0.4) is 0 Å². The van der Waals surface area contributed by atoms with Crippen LogP contribution in [0.5, 0.6) is 0 Å². The number of halogens is 3. The van der Waals surface area contributed by atoms with Crippen LogP contribution in [-0.4, -0.2) is 39.6 Å². The van der Waals surface area contributed by atoms with Gasteiger partial charge in [0, 0.05) is 24.9 Å². The molecule has 6 nitrogen and oxygen atoms in total. The summed E-state index contributed by atoms with van der Waals surface area (Å²) in [6, 6.07) is 11.5. The summed E-state index contributed by atoms with van der Waals surface area (Å²) in [5, 5.41) is 4.34. The van der Waals surface area contributed by atoms with Crippen molar-refractivity contribution in [2.75, 3.05) is 18.0 Å². The molecule has 1 aliphatic heterocycles. The van der Waals surface area contributed by atoms with E-state index in [9.17, 15) is 13.2 Å². The molecule has 4 rings (SSSR count).